The van der Waals surface area contributed by atoms with Gasteiger partial charge in [-0.05, 0) is 45.4 Å². The summed E-state index contributed by atoms with van der Waals surface area (Å²) < 4.78 is 0. The fourth-order valence-electron chi connectivity index (χ4n) is 3.14. The molecule has 144 valence electrons. The number of carboxylic acids is 1. The zero-order valence-electron chi connectivity index (χ0n) is 15.6. The van der Waals surface area contributed by atoms with Gasteiger partial charge in [-0.2, -0.15) is 0 Å². The highest BCUT2D eigenvalue weighted by molar-refractivity contribution is 7.99. The highest BCUT2D eigenvalue weighted by Crippen LogP contribution is 2.18. The van der Waals surface area contributed by atoms with Crippen LogP contribution < -0.4 is 5.32 Å². The molecule has 7 heteroatoms. The quantitative estimate of drug-likeness (QED) is 0.563. The molecule has 0 spiro atoms. The summed E-state index contributed by atoms with van der Waals surface area (Å²) in [5.74, 6) is 0.0320. The summed E-state index contributed by atoms with van der Waals surface area (Å²) in [7, 11) is 1.84. The van der Waals surface area contributed by atoms with Gasteiger partial charge in [-0.25, -0.2) is 4.79 Å². The van der Waals surface area contributed by atoms with Gasteiger partial charge in [0.25, 0.3) is 0 Å². The van der Waals surface area contributed by atoms with Crippen LogP contribution in [0.5, 0.6) is 0 Å². The summed E-state index contributed by atoms with van der Waals surface area (Å²) in [4.78, 5) is 28.2. The molecular formula is C19H29N3O3S. The molecule has 1 aromatic rings. The first-order chi connectivity index (χ1) is 12.5. The normalized spacial score (nSPS) is 17.8. The van der Waals surface area contributed by atoms with E-state index < -0.39 is 5.97 Å². The molecule has 6 nitrogen and oxygen atoms in total. The van der Waals surface area contributed by atoms with E-state index in [2.05, 4.69) is 36.5 Å². The predicted octanol–water partition coefficient (Wildman–Crippen LogP) is 2.67. The molecule has 2 N–H and O–H groups in total. The summed E-state index contributed by atoms with van der Waals surface area (Å²) in [6.45, 7) is 4.16. The highest BCUT2D eigenvalue weighted by Gasteiger charge is 2.23. The zero-order chi connectivity index (χ0) is 18.9. The molecule has 1 heterocycles. The minimum absolute atomic E-state index is 0.0176. The van der Waals surface area contributed by atoms with Crippen LogP contribution >= 0.6 is 11.8 Å². The van der Waals surface area contributed by atoms with Gasteiger partial charge in [0.2, 0.25) is 0 Å². The van der Waals surface area contributed by atoms with Gasteiger partial charge in [-0.3, -0.25) is 9.69 Å². The van der Waals surface area contributed by atoms with E-state index in [9.17, 15) is 9.59 Å². The molecule has 1 atom stereocenters. The molecule has 0 aliphatic carbocycles. The first-order valence-corrected chi connectivity index (χ1v) is 10.1. The number of carbonyl (C=O) groups is 2. The number of nitrogens with zero attached hydrogens (tertiary/aromatic N) is 2. The second kappa shape index (κ2) is 10.4. The Hall–Kier alpha value is -1.73. The lowest BCUT2D eigenvalue weighted by Gasteiger charge is -2.25. The molecule has 0 bridgehead atoms. The maximum atomic E-state index is 12.4. The minimum atomic E-state index is -0.808. The third kappa shape index (κ3) is 6.88. The van der Waals surface area contributed by atoms with E-state index in [-0.39, 0.29) is 18.6 Å². The second-order valence-corrected chi connectivity index (χ2v) is 7.94. The number of benzene rings is 1. The van der Waals surface area contributed by atoms with Gasteiger partial charge in [0.05, 0.1) is 6.54 Å². The third-order valence-electron chi connectivity index (χ3n) is 4.66. The topological polar surface area (TPSA) is 72.9 Å². The molecule has 26 heavy (non-hydrogen) atoms. The van der Waals surface area contributed by atoms with Crippen molar-refractivity contribution in [3.8, 4) is 0 Å². The molecule has 1 saturated heterocycles. The zero-order valence-corrected chi connectivity index (χ0v) is 16.4. The minimum Gasteiger partial charge on any atom is -0.480 e. The third-order valence-corrected chi connectivity index (χ3v) is 5.67. The highest BCUT2D eigenvalue weighted by atomic mass is 32.2. The Labute approximate surface area is 159 Å². The van der Waals surface area contributed by atoms with Crippen molar-refractivity contribution < 1.29 is 14.7 Å². The average molecular weight is 380 g/mol. The number of urea groups is 1. The number of carbonyl (C=O) groups excluding carboxylic acids is 1. The van der Waals surface area contributed by atoms with Crippen LogP contribution in [0, 0.1) is 6.92 Å². The van der Waals surface area contributed by atoms with E-state index in [0.717, 1.165) is 31.6 Å². The van der Waals surface area contributed by atoms with Crippen LogP contribution in [0.2, 0.25) is 0 Å². The van der Waals surface area contributed by atoms with E-state index in [1.54, 1.807) is 11.8 Å². The van der Waals surface area contributed by atoms with Gasteiger partial charge in [0.1, 0.15) is 0 Å². The molecule has 1 aromatic carbocycles. The maximum absolute atomic E-state index is 12.4. The van der Waals surface area contributed by atoms with Crippen molar-refractivity contribution >= 4 is 23.8 Å². The molecule has 2 amide bonds. The van der Waals surface area contributed by atoms with E-state index >= 15 is 0 Å². The Bertz CT molecular complexity index is 594. The van der Waals surface area contributed by atoms with Crippen LogP contribution in [0.15, 0.2) is 29.2 Å². The van der Waals surface area contributed by atoms with Crippen molar-refractivity contribution in [3.05, 3.63) is 29.8 Å². The summed E-state index contributed by atoms with van der Waals surface area (Å²) in [6, 6.07) is 8.60. The van der Waals surface area contributed by atoms with Gasteiger partial charge in [0, 0.05) is 36.3 Å². The van der Waals surface area contributed by atoms with E-state index in [4.69, 9.17) is 5.11 Å². The number of carboxylic acid groups (broad SMARTS) is 1. The number of thioether (sulfide) groups is 1. The number of likely N-dealkylation sites (tertiary alicyclic amines) is 1. The number of aliphatic carboxylic acids is 1. The molecule has 1 aliphatic heterocycles. The Balaban J connectivity index is 1.69. The number of likely N-dealkylation sites (N-methyl/N-ethyl adjacent to an activating group) is 1. The smallest absolute Gasteiger partial charge is 0.317 e. The lowest BCUT2D eigenvalue weighted by Crippen LogP contribution is -2.42. The molecule has 2 rings (SSSR count). The fraction of sp³-hybridized carbons (Fsp3) is 0.579. The molecule has 0 saturated carbocycles. The van der Waals surface area contributed by atoms with E-state index in [1.807, 2.05) is 16.8 Å². The van der Waals surface area contributed by atoms with E-state index in [0.29, 0.717) is 13.1 Å². The summed E-state index contributed by atoms with van der Waals surface area (Å²) >= 11 is 1.74. The van der Waals surface area contributed by atoms with Gasteiger partial charge < -0.3 is 15.3 Å². The first-order valence-electron chi connectivity index (χ1n) is 9.10. The maximum Gasteiger partial charge on any atom is 0.317 e. The largest absolute Gasteiger partial charge is 0.480 e. The van der Waals surface area contributed by atoms with Crippen LogP contribution in [-0.2, 0) is 4.79 Å². The fourth-order valence-corrected chi connectivity index (χ4v) is 3.91. The van der Waals surface area contributed by atoms with Crippen LogP contribution in [0.4, 0.5) is 4.79 Å². The predicted molar refractivity (Wildman–Crippen MR) is 105 cm³/mol. The summed E-state index contributed by atoms with van der Waals surface area (Å²) in [5.41, 5.74) is 1.25. The van der Waals surface area contributed by atoms with Crippen LogP contribution in [-0.4, -0.2) is 71.9 Å². The van der Waals surface area contributed by atoms with Gasteiger partial charge >= 0.3 is 12.0 Å². The Morgan fingerprint density at radius 2 is 2.00 bits per heavy atom. The van der Waals surface area contributed by atoms with Crippen molar-refractivity contribution in [2.24, 2.45) is 0 Å². The van der Waals surface area contributed by atoms with Gasteiger partial charge in [0.15, 0.2) is 0 Å². The second-order valence-electron chi connectivity index (χ2n) is 6.77. The number of hydrogen-bond acceptors (Lipinski definition) is 4. The van der Waals surface area contributed by atoms with Crippen molar-refractivity contribution in [2.75, 3.05) is 39.0 Å². The number of aryl methyl sites for hydroxylation is 1. The lowest BCUT2D eigenvalue weighted by molar-refractivity contribution is -0.138. The van der Waals surface area contributed by atoms with Crippen LogP contribution in [0.3, 0.4) is 0 Å². The number of hydrogen-bond donors (Lipinski definition) is 2. The van der Waals surface area contributed by atoms with Crippen LogP contribution in [0.25, 0.3) is 0 Å². The van der Waals surface area contributed by atoms with Gasteiger partial charge in [-0.1, -0.05) is 17.7 Å². The number of rotatable bonds is 7. The van der Waals surface area contributed by atoms with Crippen molar-refractivity contribution in [3.63, 3.8) is 0 Å². The Kier molecular flexibility index (Phi) is 8.25. The SMILES string of the molecule is Cc1ccc(SCCNC(=O)N2CCCC(N(C)CC(=O)O)CC2)cc1. The first kappa shape index (κ1) is 20.6. The van der Waals surface area contributed by atoms with E-state index in [1.165, 1.54) is 10.5 Å². The Morgan fingerprint density at radius 1 is 1.27 bits per heavy atom. The molecule has 0 radical (unpaired) electrons. The van der Waals surface area contributed by atoms with Crippen molar-refractivity contribution in [2.45, 2.75) is 37.1 Å². The van der Waals surface area contributed by atoms with Gasteiger partial charge in [-0.15, -0.1) is 11.8 Å². The molecule has 1 unspecified atom stereocenters. The monoisotopic (exact) mass is 379 g/mol. The molecular weight excluding hydrogens is 350 g/mol. The summed E-state index contributed by atoms with van der Waals surface area (Å²) in [6.07, 6.45) is 2.65. The van der Waals surface area contributed by atoms with Crippen molar-refractivity contribution in [1.29, 1.82) is 0 Å². The van der Waals surface area contributed by atoms with Crippen molar-refractivity contribution in [1.82, 2.24) is 15.1 Å². The average Bonchev–Trinajstić information content (AvgIpc) is 2.86. The van der Waals surface area contributed by atoms with Crippen LogP contribution in [0.1, 0.15) is 24.8 Å². The summed E-state index contributed by atoms with van der Waals surface area (Å²) in [5, 5.41) is 11.9. The molecule has 0 aromatic heterocycles. The lowest BCUT2D eigenvalue weighted by atomic mass is 10.1. The molecule has 1 aliphatic rings. The standard InChI is InChI=1S/C19H29N3O3S/c1-15-5-7-17(8-6-15)26-13-10-20-19(25)22-11-3-4-16(9-12-22)21(2)14-18(23)24/h5-8,16H,3-4,9-14H2,1-2H3,(H,20,25)(H,23,24). The Morgan fingerprint density at radius 3 is 2.69 bits per heavy atom. The number of amides is 2. The number of nitrogens with one attached hydrogen (secondary N) is 1. The molecule has 1 fully saturated rings.